The lowest BCUT2D eigenvalue weighted by Gasteiger charge is -2.25. The highest BCUT2D eigenvalue weighted by Gasteiger charge is 2.32. The molecule has 0 aliphatic heterocycles. The minimum absolute atomic E-state index is 0.163. The van der Waals surface area contributed by atoms with Crippen molar-refractivity contribution in [1.82, 2.24) is 4.98 Å². The van der Waals surface area contributed by atoms with Crippen LogP contribution in [0, 0.1) is 31.6 Å². The van der Waals surface area contributed by atoms with Crippen LogP contribution in [0.4, 0.5) is 0 Å². The molecule has 1 heterocycles. The predicted molar refractivity (Wildman–Crippen MR) is 148 cm³/mol. The third-order valence-corrected chi connectivity index (χ3v) is 9.25. The maximum Gasteiger partial charge on any atom is 0.335 e. The average Bonchev–Trinajstić information content (AvgIpc) is 3.43. The van der Waals surface area contributed by atoms with Crippen molar-refractivity contribution in [3.8, 4) is 0 Å². The number of benzene rings is 1. The molecule has 1 aromatic carbocycles. The number of allylic oxidation sites excluding steroid dienone is 1. The summed E-state index contributed by atoms with van der Waals surface area (Å²) >= 11 is 3.42. The second kappa shape index (κ2) is 14.7. The first-order valence-corrected chi connectivity index (χ1v) is 14.9. The Morgan fingerprint density at radius 2 is 2.06 bits per heavy atom. The lowest BCUT2D eigenvalue weighted by molar-refractivity contribution is -0.121. The van der Waals surface area contributed by atoms with Crippen LogP contribution < -0.4 is 0 Å². The number of carboxylic acids is 1. The minimum atomic E-state index is -0.859. The molecular weight excluding hydrogens is 490 g/mol. The summed E-state index contributed by atoms with van der Waals surface area (Å²) in [6, 6.07) is 5.30. The fourth-order valence-electron chi connectivity index (χ4n) is 4.89. The van der Waals surface area contributed by atoms with E-state index in [4.69, 9.17) is 5.11 Å². The summed E-state index contributed by atoms with van der Waals surface area (Å²) in [5.74, 6) is 1.91. The molecule has 0 radical (unpaired) electrons. The summed E-state index contributed by atoms with van der Waals surface area (Å²) in [5, 5.41) is 20.8. The van der Waals surface area contributed by atoms with Gasteiger partial charge in [0.15, 0.2) is 0 Å². The van der Waals surface area contributed by atoms with Crippen LogP contribution in [0.15, 0.2) is 46.3 Å². The molecular formula is C29H39NO4S2. The number of aliphatic hydroxyl groups is 1. The Morgan fingerprint density at radius 3 is 2.69 bits per heavy atom. The monoisotopic (exact) mass is 529 g/mol. The molecule has 5 nitrogen and oxygen atoms in total. The largest absolute Gasteiger partial charge is 0.478 e. The van der Waals surface area contributed by atoms with Crippen LogP contribution in [0.2, 0.25) is 0 Å². The van der Waals surface area contributed by atoms with Crippen LogP contribution in [0.5, 0.6) is 0 Å². The van der Waals surface area contributed by atoms with Crippen LogP contribution in [0.3, 0.4) is 0 Å². The van der Waals surface area contributed by atoms with Gasteiger partial charge in [-0.15, -0.1) is 11.3 Å². The molecule has 3 atom stereocenters. The second-order valence-corrected chi connectivity index (χ2v) is 12.3. The summed E-state index contributed by atoms with van der Waals surface area (Å²) in [6.45, 7) is 3.75. The van der Waals surface area contributed by atoms with Gasteiger partial charge in [-0.05, 0) is 69.4 Å². The maximum atomic E-state index is 12.2. The fourth-order valence-corrected chi connectivity index (χ4v) is 6.62. The van der Waals surface area contributed by atoms with Crippen molar-refractivity contribution < 1.29 is 19.8 Å². The number of ketones is 1. The van der Waals surface area contributed by atoms with Gasteiger partial charge in [-0.3, -0.25) is 4.79 Å². The topological polar surface area (TPSA) is 87.5 Å². The van der Waals surface area contributed by atoms with E-state index in [1.54, 1.807) is 42.2 Å². The Labute approximate surface area is 223 Å². The quantitative estimate of drug-likeness (QED) is 0.238. The standard InChI is InChI=1S/C20H29NO2S2.C9H10O2/c22-17(9-7-15-3-1-4-15)6-2-5-16-8-10-19(23)18(16)11-13-24-20-21-12-14-25-20;1-6-3-4-8(9(10)11)7(2)5-6/h2,5,12,14-18,22H,1,3-4,6-11,13H2;3-5H,1-2H3,(H,10,11)/b5-2+;/t16-,17+,18+;/m0./s1. The molecule has 2 fully saturated rings. The molecule has 0 unspecified atom stereocenters. The summed E-state index contributed by atoms with van der Waals surface area (Å²) in [7, 11) is 0. The maximum absolute atomic E-state index is 12.2. The third kappa shape index (κ3) is 9.16. The number of Topliss-reactive ketones (excluding diaryl/α,β-unsaturated/α-hetero) is 1. The number of carboxylic acid groups (broad SMARTS) is 1. The molecule has 2 aromatic rings. The summed E-state index contributed by atoms with van der Waals surface area (Å²) in [6.07, 6.45) is 15.5. The van der Waals surface area contributed by atoms with E-state index >= 15 is 0 Å². The number of carbonyl (C=O) groups excluding carboxylic acids is 1. The normalized spacial score (nSPS) is 20.7. The molecule has 4 rings (SSSR count). The first-order chi connectivity index (χ1) is 17.3. The Kier molecular flexibility index (Phi) is 11.7. The second-order valence-electron chi connectivity index (χ2n) is 10.0. The Bertz CT molecular complexity index is 1000. The first-order valence-electron chi connectivity index (χ1n) is 13.0. The number of rotatable bonds is 11. The van der Waals surface area contributed by atoms with Crippen molar-refractivity contribution >= 4 is 34.9 Å². The number of thiazole rings is 1. The lowest BCUT2D eigenvalue weighted by Crippen LogP contribution is -2.15. The Morgan fingerprint density at radius 1 is 1.25 bits per heavy atom. The van der Waals surface area contributed by atoms with E-state index in [1.807, 2.05) is 24.6 Å². The number of thioether (sulfide) groups is 1. The zero-order valence-corrected chi connectivity index (χ0v) is 23.0. The van der Waals surface area contributed by atoms with Gasteiger partial charge in [0.25, 0.3) is 0 Å². The van der Waals surface area contributed by atoms with Crippen LogP contribution in [0.1, 0.15) is 79.3 Å². The van der Waals surface area contributed by atoms with Crippen molar-refractivity contribution in [2.45, 2.75) is 82.1 Å². The summed E-state index contributed by atoms with van der Waals surface area (Å²) < 4.78 is 1.09. The van der Waals surface area contributed by atoms with Gasteiger partial charge in [0.1, 0.15) is 10.1 Å². The number of aryl methyl sites for hydroxylation is 2. The van der Waals surface area contributed by atoms with Crippen LogP contribution >= 0.6 is 23.1 Å². The predicted octanol–water partition coefficient (Wildman–Crippen LogP) is 7.11. The minimum Gasteiger partial charge on any atom is -0.478 e. The molecule has 2 aliphatic carbocycles. The van der Waals surface area contributed by atoms with E-state index in [0.717, 1.165) is 52.8 Å². The highest BCUT2D eigenvalue weighted by Crippen LogP contribution is 2.35. The molecule has 2 saturated carbocycles. The van der Waals surface area contributed by atoms with Gasteiger partial charge in [-0.25, -0.2) is 9.78 Å². The van der Waals surface area contributed by atoms with Crippen molar-refractivity contribution in [3.05, 3.63) is 58.6 Å². The van der Waals surface area contributed by atoms with Gasteiger partial charge >= 0.3 is 5.97 Å². The number of aromatic carboxylic acids is 1. The van der Waals surface area contributed by atoms with Crippen molar-refractivity contribution in [2.75, 3.05) is 5.75 Å². The van der Waals surface area contributed by atoms with Crippen molar-refractivity contribution in [3.63, 3.8) is 0 Å². The van der Waals surface area contributed by atoms with E-state index in [1.165, 1.54) is 25.7 Å². The van der Waals surface area contributed by atoms with Crippen molar-refractivity contribution in [1.29, 1.82) is 0 Å². The third-order valence-electron chi connectivity index (χ3n) is 7.26. The first kappa shape index (κ1) is 28.6. The Hall–Kier alpha value is -1.96. The van der Waals surface area contributed by atoms with Crippen LogP contribution in [-0.2, 0) is 4.79 Å². The van der Waals surface area contributed by atoms with E-state index in [0.29, 0.717) is 23.7 Å². The van der Waals surface area contributed by atoms with E-state index in [9.17, 15) is 14.7 Å². The fraction of sp³-hybridized carbons (Fsp3) is 0.552. The molecule has 0 amide bonds. The van der Waals surface area contributed by atoms with E-state index < -0.39 is 5.97 Å². The number of hydrogen-bond donors (Lipinski definition) is 2. The lowest BCUT2D eigenvalue weighted by atomic mass is 9.81. The smallest absolute Gasteiger partial charge is 0.335 e. The average molecular weight is 530 g/mol. The van der Waals surface area contributed by atoms with E-state index in [-0.39, 0.29) is 12.0 Å². The van der Waals surface area contributed by atoms with E-state index in [2.05, 4.69) is 17.1 Å². The van der Waals surface area contributed by atoms with Gasteiger partial charge in [0.05, 0.1) is 11.7 Å². The highest BCUT2D eigenvalue weighted by atomic mass is 32.2. The summed E-state index contributed by atoms with van der Waals surface area (Å²) in [4.78, 5) is 27.0. The number of hydrogen-bond acceptors (Lipinski definition) is 6. The summed E-state index contributed by atoms with van der Waals surface area (Å²) in [5.41, 5.74) is 2.29. The van der Waals surface area contributed by atoms with Crippen LogP contribution in [0.25, 0.3) is 0 Å². The number of aromatic nitrogens is 1. The molecule has 7 heteroatoms. The van der Waals surface area contributed by atoms with Gasteiger partial charge in [-0.1, -0.05) is 60.9 Å². The van der Waals surface area contributed by atoms with Gasteiger partial charge in [0.2, 0.25) is 0 Å². The van der Waals surface area contributed by atoms with Crippen LogP contribution in [-0.4, -0.2) is 38.8 Å². The molecule has 0 bridgehead atoms. The van der Waals surface area contributed by atoms with Gasteiger partial charge in [-0.2, -0.15) is 0 Å². The molecule has 0 saturated heterocycles. The number of aliphatic hydroxyl groups excluding tert-OH is 1. The molecule has 0 spiro atoms. The molecule has 196 valence electrons. The molecule has 2 aliphatic rings. The zero-order chi connectivity index (χ0) is 25.9. The molecule has 1 aromatic heterocycles. The number of carbonyl (C=O) groups is 2. The SMILES string of the molecule is Cc1ccc(C(=O)O)c(C)c1.O=C1CC[C@H](/C=C/C[C@@H](O)CCC2CCC2)[C@H]1CCSc1nccs1. The van der Waals surface area contributed by atoms with Crippen molar-refractivity contribution in [2.24, 2.45) is 17.8 Å². The molecule has 2 N–H and O–H groups in total. The van der Waals surface area contributed by atoms with Gasteiger partial charge < -0.3 is 10.2 Å². The number of nitrogens with zero attached hydrogens (tertiary/aromatic N) is 1. The van der Waals surface area contributed by atoms with Gasteiger partial charge in [0, 0.05) is 29.7 Å². The Balaban J connectivity index is 0.000000275. The zero-order valence-electron chi connectivity index (χ0n) is 21.4. The molecule has 36 heavy (non-hydrogen) atoms. The highest BCUT2D eigenvalue weighted by molar-refractivity contribution is 8.00.